The summed E-state index contributed by atoms with van der Waals surface area (Å²) in [6.45, 7) is 1.14. The van der Waals surface area contributed by atoms with Crippen molar-refractivity contribution in [3.63, 3.8) is 0 Å². The van der Waals surface area contributed by atoms with Gasteiger partial charge in [-0.05, 0) is 23.8 Å². The quantitative estimate of drug-likeness (QED) is 0.621. The Morgan fingerprint density at radius 3 is 2.57 bits per heavy atom. The number of hydrogen-bond acceptors (Lipinski definition) is 8. The molecule has 2 amide bonds. The smallest absolute Gasteiger partial charge is 0.425 e. The SMILES string of the molecule is COCC#Cc1cncc(-c2ccc3c(c2)C2(COC(N(C(=O)O)C(=O)O)=N2)C2(COC2)CO3)c1. The number of hydrogen-bond donors (Lipinski definition) is 2. The first kappa shape index (κ1) is 22.6. The first-order valence-electron chi connectivity index (χ1n) is 10.7. The normalized spacial score (nSPS) is 21.0. The number of carbonyl (C=O) groups is 2. The molecule has 1 aromatic heterocycles. The van der Waals surface area contributed by atoms with Crippen LogP contribution in [0.4, 0.5) is 9.59 Å². The van der Waals surface area contributed by atoms with Crippen molar-refractivity contribution in [2.75, 3.05) is 40.1 Å². The number of fused-ring (bicyclic) bond motifs is 3. The summed E-state index contributed by atoms with van der Waals surface area (Å²) in [6, 6.07) is 6.98. The molecule has 0 aliphatic carbocycles. The van der Waals surface area contributed by atoms with Crippen molar-refractivity contribution in [1.82, 2.24) is 9.88 Å². The van der Waals surface area contributed by atoms with Gasteiger partial charge < -0.3 is 29.2 Å². The van der Waals surface area contributed by atoms with Crippen molar-refractivity contribution in [1.29, 1.82) is 0 Å². The minimum absolute atomic E-state index is 0.0522. The Morgan fingerprint density at radius 1 is 1.09 bits per heavy atom. The number of pyridine rings is 1. The van der Waals surface area contributed by atoms with Crippen LogP contribution in [0.5, 0.6) is 5.75 Å². The van der Waals surface area contributed by atoms with Gasteiger partial charge in [-0.1, -0.05) is 17.9 Å². The summed E-state index contributed by atoms with van der Waals surface area (Å²) >= 11 is 0. The zero-order chi connectivity index (χ0) is 24.6. The molecule has 2 spiro atoms. The highest BCUT2D eigenvalue weighted by atomic mass is 16.5. The molecule has 1 aromatic carbocycles. The van der Waals surface area contributed by atoms with Crippen LogP contribution in [-0.4, -0.2) is 78.4 Å². The van der Waals surface area contributed by atoms with E-state index in [1.54, 1.807) is 19.5 Å². The van der Waals surface area contributed by atoms with E-state index in [-0.39, 0.29) is 18.1 Å². The standard InChI is InChI=1S/C24H21N3O8/c1-32-6-2-3-15-7-17(10-25-9-15)16-4-5-19-18(8-16)24(23(13-34-19)11-33-12-23)14-35-20(26-24)27(21(28)29)22(30)31/h4-5,7-10H,6,11-14H2,1H3,(H,28,29)(H,30,31). The van der Waals surface area contributed by atoms with Gasteiger partial charge in [-0.2, -0.15) is 0 Å². The van der Waals surface area contributed by atoms with E-state index in [1.807, 2.05) is 24.3 Å². The Morgan fingerprint density at radius 2 is 1.89 bits per heavy atom. The number of benzene rings is 1. The van der Waals surface area contributed by atoms with Gasteiger partial charge in [0.25, 0.3) is 0 Å². The number of rotatable bonds is 2. The Hall–Kier alpha value is -4.14. The average molecular weight is 479 g/mol. The third-order valence-corrected chi connectivity index (χ3v) is 6.35. The van der Waals surface area contributed by atoms with E-state index < -0.39 is 29.2 Å². The van der Waals surface area contributed by atoms with Crippen molar-refractivity contribution in [3.05, 3.63) is 47.8 Å². The molecule has 1 unspecified atom stereocenters. The first-order chi connectivity index (χ1) is 16.9. The summed E-state index contributed by atoms with van der Waals surface area (Å²) in [4.78, 5) is 32.1. The second-order valence-electron chi connectivity index (χ2n) is 8.41. The van der Waals surface area contributed by atoms with Gasteiger partial charge in [0.2, 0.25) is 0 Å². The summed E-state index contributed by atoms with van der Waals surface area (Å²) in [5.74, 6) is 6.45. The topological polar surface area (TPSA) is 140 Å². The third kappa shape index (κ3) is 3.63. The van der Waals surface area contributed by atoms with Crippen molar-refractivity contribution in [2.24, 2.45) is 10.4 Å². The molecule has 1 saturated heterocycles. The van der Waals surface area contributed by atoms with Crippen LogP contribution >= 0.6 is 0 Å². The van der Waals surface area contributed by atoms with Crippen LogP contribution in [-0.2, 0) is 19.7 Å². The third-order valence-electron chi connectivity index (χ3n) is 6.35. The van der Waals surface area contributed by atoms with Gasteiger partial charge in [0.1, 0.15) is 31.1 Å². The van der Waals surface area contributed by atoms with E-state index in [4.69, 9.17) is 18.9 Å². The molecule has 3 aliphatic rings. The molecule has 2 aromatic rings. The number of nitrogens with zero attached hydrogens (tertiary/aromatic N) is 3. The van der Waals surface area contributed by atoms with Crippen LogP contribution in [0.15, 0.2) is 41.7 Å². The maximum absolute atomic E-state index is 11.6. The fraction of sp³-hybridized carbons (Fsp3) is 0.333. The van der Waals surface area contributed by atoms with Gasteiger partial charge in [0.15, 0.2) is 0 Å². The molecule has 11 heteroatoms. The second kappa shape index (κ2) is 8.57. The minimum atomic E-state index is -1.70. The zero-order valence-electron chi connectivity index (χ0n) is 18.7. The van der Waals surface area contributed by atoms with Crippen LogP contribution < -0.4 is 4.74 Å². The lowest BCUT2D eigenvalue weighted by Crippen LogP contribution is -2.63. The molecule has 180 valence electrons. The fourth-order valence-corrected chi connectivity index (χ4v) is 4.49. The number of aromatic nitrogens is 1. The molecule has 0 bridgehead atoms. The number of amides is 2. The van der Waals surface area contributed by atoms with Crippen LogP contribution in [0.1, 0.15) is 11.1 Å². The Kier molecular flexibility index (Phi) is 5.55. The summed E-state index contributed by atoms with van der Waals surface area (Å²) in [5, 5.41) is 18.8. The second-order valence-corrected chi connectivity index (χ2v) is 8.41. The zero-order valence-corrected chi connectivity index (χ0v) is 18.7. The Bertz CT molecular complexity index is 1280. The number of ether oxygens (including phenoxy) is 4. The maximum Gasteiger partial charge on any atom is 0.425 e. The summed E-state index contributed by atoms with van der Waals surface area (Å²) in [7, 11) is 1.57. The van der Waals surface area contributed by atoms with Crippen LogP contribution in [0.3, 0.4) is 0 Å². The van der Waals surface area contributed by atoms with Crippen LogP contribution in [0.25, 0.3) is 11.1 Å². The van der Waals surface area contributed by atoms with E-state index >= 15 is 0 Å². The summed E-state index contributed by atoms with van der Waals surface area (Å²) < 4.78 is 22.1. The van der Waals surface area contributed by atoms with Gasteiger partial charge in [-0.25, -0.2) is 14.6 Å². The Balaban J connectivity index is 1.61. The minimum Gasteiger partial charge on any atom is -0.492 e. The molecule has 5 rings (SSSR count). The predicted octanol–water partition coefficient (Wildman–Crippen LogP) is 2.40. The highest BCUT2D eigenvalue weighted by Crippen LogP contribution is 2.56. The van der Waals surface area contributed by atoms with Crippen LogP contribution in [0, 0.1) is 17.3 Å². The molecule has 0 radical (unpaired) electrons. The van der Waals surface area contributed by atoms with Gasteiger partial charge in [0.05, 0.1) is 18.6 Å². The lowest BCUT2D eigenvalue weighted by molar-refractivity contribution is -0.185. The maximum atomic E-state index is 11.6. The van der Waals surface area contributed by atoms with Gasteiger partial charge >= 0.3 is 18.2 Å². The molecular formula is C24H21N3O8. The van der Waals surface area contributed by atoms with E-state index in [9.17, 15) is 19.8 Å². The highest BCUT2D eigenvalue weighted by Gasteiger charge is 2.64. The lowest BCUT2D eigenvalue weighted by atomic mass is 9.64. The van der Waals surface area contributed by atoms with E-state index in [0.29, 0.717) is 31.1 Å². The molecular weight excluding hydrogens is 458 g/mol. The number of methoxy groups -OCH3 is 1. The predicted molar refractivity (Wildman–Crippen MR) is 120 cm³/mol. The van der Waals surface area contributed by atoms with Gasteiger partial charge in [0, 0.05) is 36.2 Å². The molecule has 35 heavy (non-hydrogen) atoms. The van der Waals surface area contributed by atoms with Crippen molar-refractivity contribution in [2.45, 2.75) is 5.54 Å². The molecule has 11 nitrogen and oxygen atoms in total. The van der Waals surface area contributed by atoms with Gasteiger partial charge in [-0.15, -0.1) is 4.90 Å². The number of amidine groups is 1. The first-order valence-corrected chi connectivity index (χ1v) is 10.7. The summed E-state index contributed by atoms with van der Waals surface area (Å²) in [6.07, 6.45) is -0.0431. The highest BCUT2D eigenvalue weighted by molar-refractivity contribution is 6.05. The van der Waals surface area contributed by atoms with Crippen molar-refractivity contribution in [3.8, 4) is 28.7 Å². The molecule has 4 heterocycles. The molecule has 0 saturated carbocycles. The molecule has 2 N–H and O–H groups in total. The number of carboxylic acid groups (broad SMARTS) is 2. The van der Waals surface area contributed by atoms with E-state index in [0.717, 1.165) is 16.7 Å². The molecule has 1 atom stereocenters. The molecule has 1 fully saturated rings. The average Bonchev–Trinajstić information content (AvgIpc) is 3.23. The lowest BCUT2D eigenvalue weighted by Gasteiger charge is -2.53. The fourth-order valence-electron chi connectivity index (χ4n) is 4.49. The van der Waals surface area contributed by atoms with Crippen LogP contribution in [0.2, 0.25) is 0 Å². The number of imide groups is 1. The van der Waals surface area contributed by atoms with Crippen molar-refractivity contribution < 1.29 is 38.7 Å². The van der Waals surface area contributed by atoms with E-state index in [2.05, 4.69) is 21.8 Å². The van der Waals surface area contributed by atoms with E-state index in [1.165, 1.54) is 0 Å². The van der Waals surface area contributed by atoms with Crippen molar-refractivity contribution >= 4 is 18.2 Å². The van der Waals surface area contributed by atoms with Gasteiger partial charge in [-0.3, -0.25) is 4.98 Å². The molecule has 3 aliphatic heterocycles. The largest absolute Gasteiger partial charge is 0.492 e. The number of aliphatic imine (C=N–C) groups is 1. The Labute approximate surface area is 199 Å². The summed E-state index contributed by atoms with van der Waals surface area (Å²) in [5.41, 5.74) is 1.27. The monoisotopic (exact) mass is 479 g/mol.